The summed E-state index contributed by atoms with van der Waals surface area (Å²) in [7, 11) is 0. The summed E-state index contributed by atoms with van der Waals surface area (Å²) >= 11 is 0. The topological polar surface area (TPSA) is 122 Å². The average Bonchev–Trinajstić information content (AvgIpc) is 2.98. The Morgan fingerprint density at radius 3 is 2.95 bits per heavy atom. The number of carbonyl (C=O) groups excluding carboxylic acids is 1. The fourth-order valence-corrected chi connectivity index (χ4v) is 1.76. The zero-order valence-electron chi connectivity index (χ0n) is 11.2. The Hall–Kier alpha value is -2.48. The number of H-pyrrole nitrogens is 1. The first kappa shape index (κ1) is 13.9. The second-order valence-electron chi connectivity index (χ2n) is 4.24. The van der Waals surface area contributed by atoms with E-state index in [2.05, 4.69) is 30.9 Å². The molecule has 0 unspecified atom stereocenters. The number of hydrazine groups is 1. The van der Waals surface area contributed by atoms with Gasteiger partial charge in [-0.25, -0.2) is 15.8 Å². The van der Waals surface area contributed by atoms with Crippen molar-refractivity contribution in [2.24, 2.45) is 5.84 Å². The highest BCUT2D eigenvalue weighted by Crippen LogP contribution is 2.11. The van der Waals surface area contributed by atoms with Gasteiger partial charge in [0.15, 0.2) is 0 Å². The second kappa shape index (κ2) is 6.62. The van der Waals surface area contributed by atoms with E-state index in [0.717, 1.165) is 18.5 Å². The highest BCUT2D eigenvalue weighted by molar-refractivity contribution is 5.94. The molecule has 0 bridgehead atoms. The first-order chi connectivity index (χ1) is 9.72. The Balaban J connectivity index is 2.09. The Labute approximate surface area is 116 Å². The van der Waals surface area contributed by atoms with Gasteiger partial charge in [-0.2, -0.15) is 5.10 Å². The number of aromatic amines is 1. The second-order valence-corrected chi connectivity index (χ2v) is 4.24. The molecule has 2 rings (SSSR count). The highest BCUT2D eigenvalue weighted by atomic mass is 16.1. The maximum atomic E-state index is 12.1. The predicted molar refractivity (Wildman–Crippen MR) is 73.6 cm³/mol. The quantitative estimate of drug-likeness (QED) is 0.446. The third-order valence-electron chi connectivity index (χ3n) is 2.68. The molecule has 0 saturated heterocycles. The molecule has 0 radical (unpaired) electrons. The van der Waals surface area contributed by atoms with Gasteiger partial charge in [-0.1, -0.05) is 13.3 Å². The molecule has 0 atom stereocenters. The van der Waals surface area contributed by atoms with Gasteiger partial charge in [0.05, 0.1) is 6.54 Å². The molecule has 0 fully saturated rings. The van der Waals surface area contributed by atoms with Gasteiger partial charge in [0, 0.05) is 11.3 Å². The number of nitrogens with two attached hydrogens (primary N) is 1. The van der Waals surface area contributed by atoms with Crippen LogP contribution in [-0.2, 0) is 13.0 Å². The largest absolute Gasteiger partial charge is 0.345 e. The summed E-state index contributed by atoms with van der Waals surface area (Å²) in [6.07, 6.45) is 3.13. The van der Waals surface area contributed by atoms with Crippen LogP contribution in [0.4, 0.5) is 5.82 Å². The number of rotatable bonds is 6. The number of aromatic nitrogens is 4. The SMILES string of the molecule is CCCc1cc(C(=O)NCc2ncn[nH]2)cc(NN)n1. The van der Waals surface area contributed by atoms with Crippen LogP contribution in [0, 0.1) is 0 Å². The zero-order valence-corrected chi connectivity index (χ0v) is 11.2. The Bertz CT molecular complexity index is 567. The number of nitrogen functional groups attached to an aromatic ring is 1. The molecule has 5 N–H and O–H groups in total. The van der Waals surface area contributed by atoms with Crippen molar-refractivity contribution >= 4 is 11.7 Å². The lowest BCUT2D eigenvalue weighted by Gasteiger charge is -2.08. The monoisotopic (exact) mass is 275 g/mol. The van der Waals surface area contributed by atoms with E-state index in [1.54, 1.807) is 12.1 Å². The van der Waals surface area contributed by atoms with Crippen LogP contribution in [0.1, 0.15) is 35.2 Å². The van der Waals surface area contributed by atoms with Crippen LogP contribution < -0.4 is 16.6 Å². The van der Waals surface area contributed by atoms with Gasteiger partial charge in [-0.15, -0.1) is 0 Å². The fourth-order valence-electron chi connectivity index (χ4n) is 1.76. The van der Waals surface area contributed by atoms with Crippen molar-refractivity contribution in [3.8, 4) is 0 Å². The van der Waals surface area contributed by atoms with Crippen LogP contribution in [0.3, 0.4) is 0 Å². The molecule has 8 heteroatoms. The standard InChI is InChI=1S/C12H17N7O/c1-2-3-9-4-8(5-10(17-9)18-13)12(20)14-6-11-15-7-16-19-11/h4-5,7H,2-3,6,13H2,1H3,(H,14,20)(H,17,18)(H,15,16,19). The third-order valence-corrected chi connectivity index (χ3v) is 2.68. The minimum Gasteiger partial charge on any atom is -0.345 e. The van der Waals surface area contributed by atoms with E-state index in [-0.39, 0.29) is 12.5 Å². The molecular weight excluding hydrogens is 258 g/mol. The number of hydrogen-bond donors (Lipinski definition) is 4. The number of nitrogens with one attached hydrogen (secondary N) is 3. The lowest BCUT2D eigenvalue weighted by Crippen LogP contribution is -2.24. The van der Waals surface area contributed by atoms with E-state index in [1.165, 1.54) is 6.33 Å². The molecule has 0 aromatic carbocycles. The summed E-state index contributed by atoms with van der Waals surface area (Å²) in [5.41, 5.74) is 3.81. The van der Waals surface area contributed by atoms with Crippen molar-refractivity contribution < 1.29 is 4.79 Å². The minimum atomic E-state index is -0.211. The minimum absolute atomic E-state index is 0.211. The van der Waals surface area contributed by atoms with Crippen molar-refractivity contribution in [3.63, 3.8) is 0 Å². The Kier molecular flexibility index (Phi) is 4.61. The summed E-state index contributed by atoms with van der Waals surface area (Å²) in [4.78, 5) is 20.3. The molecule has 2 aromatic rings. The molecule has 0 aliphatic rings. The molecule has 8 nitrogen and oxygen atoms in total. The number of amides is 1. The van der Waals surface area contributed by atoms with Gasteiger partial charge < -0.3 is 10.7 Å². The van der Waals surface area contributed by atoms with Crippen LogP contribution in [0.2, 0.25) is 0 Å². The number of anilines is 1. The molecule has 0 spiro atoms. The highest BCUT2D eigenvalue weighted by Gasteiger charge is 2.10. The summed E-state index contributed by atoms with van der Waals surface area (Å²) in [6.45, 7) is 2.34. The Morgan fingerprint density at radius 1 is 1.45 bits per heavy atom. The van der Waals surface area contributed by atoms with E-state index in [4.69, 9.17) is 5.84 Å². The van der Waals surface area contributed by atoms with Gasteiger partial charge in [0.25, 0.3) is 5.91 Å². The van der Waals surface area contributed by atoms with E-state index in [0.29, 0.717) is 17.2 Å². The van der Waals surface area contributed by atoms with Crippen LogP contribution in [0.5, 0.6) is 0 Å². The van der Waals surface area contributed by atoms with E-state index >= 15 is 0 Å². The van der Waals surface area contributed by atoms with Crippen LogP contribution in [0.25, 0.3) is 0 Å². The summed E-state index contributed by atoms with van der Waals surface area (Å²) in [5.74, 6) is 6.23. The summed E-state index contributed by atoms with van der Waals surface area (Å²) < 4.78 is 0. The first-order valence-corrected chi connectivity index (χ1v) is 6.33. The molecule has 1 amide bonds. The van der Waals surface area contributed by atoms with Crippen molar-refractivity contribution in [2.75, 3.05) is 5.43 Å². The van der Waals surface area contributed by atoms with E-state index in [1.807, 2.05) is 6.92 Å². The molecule has 20 heavy (non-hydrogen) atoms. The molecule has 0 aliphatic heterocycles. The zero-order chi connectivity index (χ0) is 14.4. The molecule has 2 aromatic heterocycles. The van der Waals surface area contributed by atoms with E-state index < -0.39 is 0 Å². The smallest absolute Gasteiger partial charge is 0.251 e. The number of carbonyl (C=O) groups is 1. The molecule has 0 aliphatic carbocycles. The van der Waals surface area contributed by atoms with Crippen LogP contribution >= 0.6 is 0 Å². The number of nitrogens with zero attached hydrogens (tertiary/aromatic N) is 3. The van der Waals surface area contributed by atoms with Gasteiger partial charge in [-0.3, -0.25) is 9.89 Å². The molecule has 0 saturated carbocycles. The first-order valence-electron chi connectivity index (χ1n) is 6.33. The molecule has 2 heterocycles. The third kappa shape index (κ3) is 3.51. The fraction of sp³-hybridized carbons (Fsp3) is 0.333. The van der Waals surface area contributed by atoms with Crippen molar-refractivity contribution in [1.29, 1.82) is 0 Å². The van der Waals surface area contributed by atoms with Gasteiger partial charge in [0.1, 0.15) is 18.0 Å². The van der Waals surface area contributed by atoms with Crippen molar-refractivity contribution in [3.05, 3.63) is 35.5 Å². The number of aryl methyl sites for hydroxylation is 1. The molecule has 106 valence electrons. The molecular formula is C12H17N7O. The van der Waals surface area contributed by atoms with Crippen LogP contribution in [-0.4, -0.2) is 26.1 Å². The summed E-state index contributed by atoms with van der Waals surface area (Å²) in [5, 5.41) is 9.15. The van der Waals surface area contributed by atoms with Crippen molar-refractivity contribution in [1.82, 2.24) is 25.5 Å². The van der Waals surface area contributed by atoms with Gasteiger partial charge in [-0.05, 0) is 18.6 Å². The maximum absolute atomic E-state index is 12.1. The van der Waals surface area contributed by atoms with Crippen LogP contribution in [0.15, 0.2) is 18.5 Å². The van der Waals surface area contributed by atoms with Crippen molar-refractivity contribution in [2.45, 2.75) is 26.3 Å². The van der Waals surface area contributed by atoms with Gasteiger partial charge in [0.2, 0.25) is 0 Å². The average molecular weight is 275 g/mol. The normalized spacial score (nSPS) is 10.3. The summed E-state index contributed by atoms with van der Waals surface area (Å²) in [6, 6.07) is 3.37. The van der Waals surface area contributed by atoms with E-state index in [9.17, 15) is 4.79 Å². The maximum Gasteiger partial charge on any atom is 0.251 e. The lowest BCUT2D eigenvalue weighted by molar-refractivity contribution is 0.0949. The van der Waals surface area contributed by atoms with Gasteiger partial charge >= 0.3 is 0 Å². The predicted octanol–water partition coefficient (Wildman–Crippen LogP) is 0.368. The number of hydrogen-bond acceptors (Lipinski definition) is 6. The number of pyridine rings is 1. The lowest BCUT2D eigenvalue weighted by atomic mass is 10.1. The Morgan fingerprint density at radius 2 is 2.30 bits per heavy atom.